The summed E-state index contributed by atoms with van der Waals surface area (Å²) in [6.45, 7) is 8.24. The summed E-state index contributed by atoms with van der Waals surface area (Å²) in [5.41, 5.74) is 6.05. The number of aryl methyl sites for hydroxylation is 1. The molecule has 0 aliphatic heterocycles. The number of methoxy groups -OCH3 is 1. The van der Waals surface area contributed by atoms with E-state index in [1.165, 1.54) is 7.11 Å². The second-order valence-corrected chi connectivity index (χ2v) is 4.52. The number of hydrogen-bond donors (Lipinski definition) is 1. The van der Waals surface area contributed by atoms with Gasteiger partial charge in [-0.2, -0.15) is 0 Å². The van der Waals surface area contributed by atoms with Gasteiger partial charge in [0.15, 0.2) is 5.82 Å². The highest BCUT2D eigenvalue weighted by atomic mass is 16.5. The molecule has 0 unspecified atom stereocenters. The van der Waals surface area contributed by atoms with Gasteiger partial charge in [0.25, 0.3) is 0 Å². The minimum Gasteiger partial charge on any atom is -0.465 e. The number of anilines is 1. The molecular weight excluding hydrogens is 258 g/mol. The number of carbonyl (C=O) groups is 1. The van der Waals surface area contributed by atoms with Crippen LogP contribution in [-0.4, -0.2) is 29.7 Å². The fraction of sp³-hybridized carbons (Fsp3) is 0.643. The molecule has 0 radical (unpaired) electrons. The molecule has 0 fully saturated rings. The first kappa shape index (κ1) is 16.4. The predicted octanol–water partition coefficient (Wildman–Crippen LogP) is 2.21. The number of ether oxygens (including phenoxy) is 2. The summed E-state index contributed by atoms with van der Waals surface area (Å²) in [7, 11) is 1.30. The number of aromatic nitrogens is 2. The molecule has 0 spiro atoms. The van der Waals surface area contributed by atoms with Gasteiger partial charge in [0.05, 0.1) is 12.8 Å². The summed E-state index contributed by atoms with van der Waals surface area (Å²) >= 11 is 0. The second kappa shape index (κ2) is 6.65. The van der Waals surface area contributed by atoms with E-state index < -0.39 is 11.6 Å². The van der Waals surface area contributed by atoms with Crippen LogP contribution in [0, 0.1) is 6.92 Å². The van der Waals surface area contributed by atoms with Crippen molar-refractivity contribution in [2.24, 2.45) is 0 Å². The van der Waals surface area contributed by atoms with Crippen molar-refractivity contribution in [2.45, 2.75) is 46.1 Å². The summed E-state index contributed by atoms with van der Waals surface area (Å²) in [6.07, 6.45) is 1.46. The van der Waals surface area contributed by atoms with Gasteiger partial charge in [-0.15, -0.1) is 0 Å². The number of carbonyl (C=O) groups excluding carboxylic acids is 1. The minimum absolute atomic E-state index is 0.130. The van der Waals surface area contributed by atoms with E-state index in [1.807, 2.05) is 20.8 Å². The van der Waals surface area contributed by atoms with Gasteiger partial charge in [0, 0.05) is 6.61 Å². The Hall–Kier alpha value is -1.69. The molecule has 6 nitrogen and oxygen atoms in total. The number of nitrogens with two attached hydrogens (primary N) is 1. The van der Waals surface area contributed by atoms with Crippen molar-refractivity contribution in [2.75, 3.05) is 19.5 Å². The van der Waals surface area contributed by atoms with Crippen LogP contribution in [0.1, 0.15) is 55.5 Å². The van der Waals surface area contributed by atoms with Gasteiger partial charge in [-0.25, -0.2) is 14.8 Å². The van der Waals surface area contributed by atoms with E-state index in [0.717, 1.165) is 12.8 Å². The molecule has 0 aliphatic rings. The van der Waals surface area contributed by atoms with E-state index in [2.05, 4.69) is 9.97 Å². The first-order valence-electron chi connectivity index (χ1n) is 6.82. The Morgan fingerprint density at radius 2 is 1.85 bits per heavy atom. The lowest BCUT2D eigenvalue weighted by molar-refractivity contribution is -0.0572. The Balaban J connectivity index is 3.37. The lowest BCUT2D eigenvalue weighted by Crippen LogP contribution is -2.32. The number of esters is 1. The molecule has 1 aromatic rings. The molecule has 0 atom stereocenters. The highest BCUT2D eigenvalue weighted by molar-refractivity contribution is 5.95. The van der Waals surface area contributed by atoms with Crippen LogP contribution >= 0.6 is 0 Å². The van der Waals surface area contributed by atoms with E-state index in [-0.39, 0.29) is 11.4 Å². The van der Waals surface area contributed by atoms with Gasteiger partial charge in [0.1, 0.15) is 17.0 Å². The lowest BCUT2D eigenvalue weighted by Gasteiger charge is -2.30. The summed E-state index contributed by atoms with van der Waals surface area (Å²) < 4.78 is 10.5. The van der Waals surface area contributed by atoms with E-state index in [0.29, 0.717) is 18.1 Å². The van der Waals surface area contributed by atoms with Gasteiger partial charge >= 0.3 is 5.97 Å². The predicted molar refractivity (Wildman–Crippen MR) is 76.4 cm³/mol. The SMILES string of the molecule is CCOC(CC)(CC)c1nc(C)c(C(=O)OC)c(N)n1. The minimum atomic E-state index is -0.567. The monoisotopic (exact) mass is 281 g/mol. The maximum atomic E-state index is 11.7. The molecule has 20 heavy (non-hydrogen) atoms. The Kier molecular flexibility index (Phi) is 5.44. The average Bonchev–Trinajstić information content (AvgIpc) is 2.43. The molecule has 0 amide bonds. The van der Waals surface area contributed by atoms with E-state index in [1.54, 1.807) is 6.92 Å². The van der Waals surface area contributed by atoms with Crippen molar-refractivity contribution in [1.29, 1.82) is 0 Å². The van der Waals surface area contributed by atoms with Crippen LogP contribution in [-0.2, 0) is 15.1 Å². The van der Waals surface area contributed by atoms with Crippen LogP contribution in [0.15, 0.2) is 0 Å². The van der Waals surface area contributed by atoms with Gasteiger partial charge in [0.2, 0.25) is 0 Å². The molecule has 0 aliphatic carbocycles. The molecule has 0 saturated heterocycles. The van der Waals surface area contributed by atoms with Gasteiger partial charge in [-0.05, 0) is 26.7 Å². The fourth-order valence-corrected chi connectivity index (χ4v) is 2.26. The third kappa shape index (κ3) is 2.90. The highest BCUT2D eigenvalue weighted by Gasteiger charge is 2.34. The molecule has 0 aromatic carbocycles. The molecule has 1 heterocycles. The zero-order valence-electron chi connectivity index (χ0n) is 12.8. The topological polar surface area (TPSA) is 87.3 Å². The highest BCUT2D eigenvalue weighted by Crippen LogP contribution is 2.32. The number of rotatable bonds is 6. The number of nitrogen functional groups attached to an aromatic ring is 1. The zero-order chi connectivity index (χ0) is 15.3. The third-order valence-corrected chi connectivity index (χ3v) is 3.48. The first-order valence-corrected chi connectivity index (χ1v) is 6.82. The largest absolute Gasteiger partial charge is 0.465 e. The van der Waals surface area contributed by atoms with Crippen molar-refractivity contribution < 1.29 is 14.3 Å². The smallest absolute Gasteiger partial charge is 0.343 e. The van der Waals surface area contributed by atoms with Gasteiger partial charge in [-0.1, -0.05) is 13.8 Å². The third-order valence-electron chi connectivity index (χ3n) is 3.48. The zero-order valence-corrected chi connectivity index (χ0v) is 12.8. The summed E-state index contributed by atoms with van der Waals surface area (Å²) in [5.74, 6) is 0.124. The van der Waals surface area contributed by atoms with Gasteiger partial charge < -0.3 is 15.2 Å². The average molecular weight is 281 g/mol. The molecule has 0 bridgehead atoms. The molecule has 0 saturated carbocycles. The van der Waals surface area contributed by atoms with Crippen LogP contribution in [0.3, 0.4) is 0 Å². The van der Waals surface area contributed by atoms with Crippen LogP contribution < -0.4 is 5.73 Å². The van der Waals surface area contributed by atoms with Crippen LogP contribution in [0.4, 0.5) is 5.82 Å². The van der Waals surface area contributed by atoms with E-state index >= 15 is 0 Å². The first-order chi connectivity index (χ1) is 9.45. The lowest BCUT2D eigenvalue weighted by atomic mass is 9.95. The summed E-state index contributed by atoms with van der Waals surface area (Å²) in [5, 5.41) is 0. The van der Waals surface area contributed by atoms with Crippen LogP contribution in [0.2, 0.25) is 0 Å². The molecule has 2 N–H and O–H groups in total. The molecule has 1 rings (SSSR count). The Labute approximate surface area is 119 Å². The van der Waals surface area contributed by atoms with Crippen LogP contribution in [0.25, 0.3) is 0 Å². The van der Waals surface area contributed by atoms with Crippen molar-refractivity contribution >= 4 is 11.8 Å². The quantitative estimate of drug-likeness (QED) is 0.804. The van der Waals surface area contributed by atoms with Crippen molar-refractivity contribution in [1.82, 2.24) is 9.97 Å². The van der Waals surface area contributed by atoms with E-state index in [4.69, 9.17) is 15.2 Å². The van der Waals surface area contributed by atoms with Crippen LogP contribution in [0.5, 0.6) is 0 Å². The summed E-state index contributed by atoms with van der Waals surface area (Å²) in [6, 6.07) is 0. The van der Waals surface area contributed by atoms with Gasteiger partial charge in [-0.3, -0.25) is 0 Å². The summed E-state index contributed by atoms with van der Waals surface area (Å²) in [4.78, 5) is 20.4. The standard InChI is InChI=1S/C14H23N3O3/c1-6-14(7-2,20-8-3)13-16-9(4)10(11(15)17-13)12(18)19-5/h6-8H2,1-5H3,(H2,15,16,17). The Morgan fingerprint density at radius 3 is 2.25 bits per heavy atom. The Morgan fingerprint density at radius 1 is 1.25 bits per heavy atom. The number of hydrogen-bond acceptors (Lipinski definition) is 6. The Bertz CT molecular complexity index is 462. The fourth-order valence-electron chi connectivity index (χ4n) is 2.26. The maximum Gasteiger partial charge on any atom is 0.343 e. The van der Waals surface area contributed by atoms with Crippen molar-refractivity contribution in [3.05, 3.63) is 17.1 Å². The molecule has 1 aromatic heterocycles. The van der Waals surface area contributed by atoms with Crippen molar-refractivity contribution in [3.8, 4) is 0 Å². The van der Waals surface area contributed by atoms with E-state index in [9.17, 15) is 4.79 Å². The van der Waals surface area contributed by atoms with Crippen molar-refractivity contribution in [3.63, 3.8) is 0 Å². The molecular formula is C14H23N3O3. The molecule has 6 heteroatoms. The number of nitrogens with zero attached hydrogens (tertiary/aromatic N) is 2. The maximum absolute atomic E-state index is 11.7. The normalized spacial score (nSPS) is 11.4. The molecule has 112 valence electrons. The second-order valence-electron chi connectivity index (χ2n) is 4.52.